The zero-order valence-corrected chi connectivity index (χ0v) is 9.92. The van der Waals surface area contributed by atoms with Gasteiger partial charge in [-0.2, -0.15) is 0 Å². The third-order valence-corrected chi connectivity index (χ3v) is 2.44. The van der Waals surface area contributed by atoms with Crippen molar-refractivity contribution in [3.63, 3.8) is 0 Å². The molecule has 0 spiro atoms. The van der Waals surface area contributed by atoms with Gasteiger partial charge in [0, 0.05) is 12.1 Å². The summed E-state index contributed by atoms with van der Waals surface area (Å²) in [6, 6.07) is 6.23. The van der Waals surface area contributed by atoms with Gasteiger partial charge >= 0.3 is 0 Å². The average Bonchev–Trinajstić information content (AvgIpc) is 2.17. The van der Waals surface area contributed by atoms with Crippen LogP contribution in [0.25, 0.3) is 0 Å². The number of benzene rings is 1. The molecule has 0 aromatic heterocycles. The van der Waals surface area contributed by atoms with Crippen LogP contribution < -0.4 is 16.0 Å². The summed E-state index contributed by atoms with van der Waals surface area (Å²) >= 11 is 0. The molecule has 0 saturated heterocycles. The van der Waals surface area contributed by atoms with Gasteiger partial charge in [-0.25, -0.2) is 0 Å². The Balaban J connectivity index is 3.10. The smallest absolute Gasteiger partial charge is 0.123 e. The highest BCUT2D eigenvalue weighted by molar-refractivity contribution is 5.39. The van der Waals surface area contributed by atoms with Crippen LogP contribution in [-0.4, -0.2) is 7.11 Å². The first-order valence-electron chi connectivity index (χ1n) is 5.10. The monoisotopic (exact) mass is 208 g/mol. The molecule has 0 aliphatic heterocycles. The first-order chi connectivity index (χ1) is 6.99. The summed E-state index contributed by atoms with van der Waals surface area (Å²) in [4.78, 5) is 0. The molecule has 3 heteroatoms. The largest absolute Gasteiger partial charge is 0.496 e. The van der Waals surface area contributed by atoms with Gasteiger partial charge in [-0.15, -0.1) is 0 Å². The van der Waals surface area contributed by atoms with Crippen LogP contribution in [-0.2, 0) is 12.0 Å². The van der Waals surface area contributed by atoms with Crippen molar-refractivity contribution in [1.29, 1.82) is 0 Å². The molecular weight excluding hydrogens is 188 g/mol. The SMILES string of the molecule is COc1ccc(C(C)(C)C)cc1CNN. The standard InChI is InChI=1S/C12H20N2O/c1-12(2,3)10-5-6-11(15-4)9(7-10)8-14-13/h5-7,14H,8,13H2,1-4H3. The predicted octanol–water partition coefficient (Wildman–Crippen LogP) is 1.96. The Morgan fingerprint density at radius 2 is 2.00 bits per heavy atom. The summed E-state index contributed by atoms with van der Waals surface area (Å²) in [6.45, 7) is 7.19. The molecule has 0 aliphatic carbocycles. The molecule has 15 heavy (non-hydrogen) atoms. The van der Waals surface area contributed by atoms with Gasteiger partial charge in [0.15, 0.2) is 0 Å². The lowest BCUT2D eigenvalue weighted by molar-refractivity contribution is 0.407. The van der Waals surface area contributed by atoms with E-state index in [1.807, 2.05) is 6.07 Å². The van der Waals surface area contributed by atoms with Gasteiger partial charge in [0.2, 0.25) is 0 Å². The van der Waals surface area contributed by atoms with Crippen LogP contribution in [0.5, 0.6) is 5.75 Å². The second-order valence-corrected chi connectivity index (χ2v) is 4.66. The van der Waals surface area contributed by atoms with E-state index in [4.69, 9.17) is 10.6 Å². The quantitative estimate of drug-likeness (QED) is 0.589. The van der Waals surface area contributed by atoms with E-state index in [1.165, 1.54) is 5.56 Å². The molecule has 0 unspecified atom stereocenters. The van der Waals surface area contributed by atoms with Crippen molar-refractivity contribution >= 4 is 0 Å². The van der Waals surface area contributed by atoms with Gasteiger partial charge in [0.25, 0.3) is 0 Å². The van der Waals surface area contributed by atoms with Gasteiger partial charge in [-0.05, 0) is 17.0 Å². The molecule has 0 saturated carbocycles. The number of nitrogens with one attached hydrogen (secondary N) is 1. The van der Waals surface area contributed by atoms with E-state index in [0.29, 0.717) is 6.54 Å². The Hall–Kier alpha value is -1.06. The lowest BCUT2D eigenvalue weighted by Gasteiger charge is -2.21. The van der Waals surface area contributed by atoms with E-state index in [9.17, 15) is 0 Å². The van der Waals surface area contributed by atoms with Crippen LogP contribution in [0.2, 0.25) is 0 Å². The summed E-state index contributed by atoms with van der Waals surface area (Å²) in [7, 11) is 1.67. The number of hydrogen-bond acceptors (Lipinski definition) is 3. The number of rotatable bonds is 3. The number of hydrogen-bond donors (Lipinski definition) is 2. The van der Waals surface area contributed by atoms with Crippen molar-refractivity contribution in [3.8, 4) is 5.75 Å². The third-order valence-electron chi connectivity index (χ3n) is 2.44. The van der Waals surface area contributed by atoms with Crippen LogP contribution in [0, 0.1) is 0 Å². The van der Waals surface area contributed by atoms with E-state index < -0.39 is 0 Å². The maximum Gasteiger partial charge on any atom is 0.123 e. The van der Waals surface area contributed by atoms with Crippen molar-refractivity contribution < 1.29 is 4.74 Å². The van der Waals surface area contributed by atoms with E-state index in [0.717, 1.165) is 11.3 Å². The Morgan fingerprint density at radius 1 is 1.33 bits per heavy atom. The normalized spacial score (nSPS) is 11.5. The van der Waals surface area contributed by atoms with E-state index in [-0.39, 0.29) is 5.41 Å². The molecule has 0 heterocycles. The first kappa shape index (κ1) is 12.0. The summed E-state index contributed by atoms with van der Waals surface area (Å²) in [5.74, 6) is 6.21. The molecule has 0 bridgehead atoms. The molecule has 0 radical (unpaired) electrons. The van der Waals surface area contributed by atoms with Crippen molar-refractivity contribution in [1.82, 2.24) is 5.43 Å². The van der Waals surface area contributed by atoms with Gasteiger partial charge in [0.05, 0.1) is 7.11 Å². The Kier molecular flexibility index (Phi) is 3.72. The fraction of sp³-hybridized carbons (Fsp3) is 0.500. The topological polar surface area (TPSA) is 47.3 Å². The molecule has 0 atom stereocenters. The maximum absolute atomic E-state index is 5.34. The second kappa shape index (κ2) is 4.64. The number of methoxy groups -OCH3 is 1. The highest BCUT2D eigenvalue weighted by Crippen LogP contribution is 2.27. The van der Waals surface area contributed by atoms with Crippen molar-refractivity contribution in [2.75, 3.05) is 7.11 Å². The van der Waals surface area contributed by atoms with Gasteiger partial charge in [-0.3, -0.25) is 11.3 Å². The van der Waals surface area contributed by atoms with Crippen LogP contribution in [0.4, 0.5) is 0 Å². The molecule has 84 valence electrons. The zero-order valence-electron chi connectivity index (χ0n) is 9.92. The minimum atomic E-state index is 0.148. The second-order valence-electron chi connectivity index (χ2n) is 4.66. The Morgan fingerprint density at radius 3 is 2.47 bits per heavy atom. The Labute approximate surface area is 91.6 Å². The van der Waals surface area contributed by atoms with Gasteiger partial charge in [-0.1, -0.05) is 32.9 Å². The van der Waals surface area contributed by atoms with Crippen LogP contribution >= 0.6 is 0 Å². The first-order valence-corrected chi connectivity index (χ1v) is 5.10. The lowest BCUT2D eigenvalue weighted by atomic mass is 9.86. The lowest BCUT2D eigenvalue weighted by Crippen LogP contribution is -2.22. The maximum atomic E-state index is 5.34. The average molecular weight is 208 g/mol. The molecule has 0 amide bonds. The fourth-order valence-electron chi connectivity index (χ4n) is 1.49. The van der Waals surface area contributed by atoms with E-state index >= 15 is 0 Å². The predicted molar refractivity (Wildman–Crippen MR) is 62.7 cm³/mol. The van der Waals surface area contributed by atoms with Crippen molar-refractivity contribution in [2.24, 2.45) is 5.84 Å². The van der Waals surface area contributed by atoms with Gasteiger partial charge < -0.3 is 4.74 Å². The third kappa shape index (κ3) is 2.94. The van der Waals surface area contributed by atoms with E-state index in [1.54, 1.807) is 7.11 Å². The molecule has 0 fully saturated rings. The minimum Gasteiger partial charge on any atom is -0.496 e. The number of nitrogens with two attached hydrogens (primary N) is 1. The summed E-state index contributed by atoms with van der Waals surface area (Å²) < 4.78 is 5.27. The highest BCUT2D eigenvalue weighted by Gasteiger charge is 2.15. The number of hydrazine groups is 1. The summed E-state index contributed by atoms with van der Waals surface area (Å²) in [5.41, 5.74) is 5.18. The molecule has 1 aromatic rings. The molecule has 3 nitrogen and oxygen atoms in total. The highest BCUT2D eigenvalue weighted by atomic mass is 16.5. The summed E-state index contributed by atoms with van der Waals surface area (Å²) in [6.07, 6.45) is 0. The van der Waals surface area contributed by atoms with Crippen molar-refractivity contribution in [2.45, 2.75) is 32.7 Å². The summed E-state index contributed by atoms with van der Waals surface area (Å²) in [5, 5.41) is 0. The van der Waals surface area contributed by atoms with Gasteiger partial charge in [0.1, 0.15) is 5.75 Å². The fourth-order valence-corrected chi connectivity index (χ4v) is 1.49. The minimum absolute atomic E-state index is 0.148. The van der Waals surface area contributed by atoms with Crippen LogP contribution in [0.15, 0.2) is 18.2 Å². The van der Waals surface area contributed by atoms with E-state index in [2.05, 4.69) is 38.3 Å². The van der Waals surface area contributed by atoms with Crippen molar-refractivity contribution in [3.05, 3.63) is 29.3 Å². The molecule has 0 aliphatic rings. The number of ether oxygens (including phenoxy) is 1. The van der Waals surface area contributed by atoms with Crippen LogP contribution in [0.3, 0.4) is 0 Å². The van der Waals surface area contributed by atoms with Crippen LogP contribution in [0.1, 0.15) is 31.9 Å². The molecule has 1 rings (SSSR count). The molecular formula is C12H20N2O. The Bertz CT molecular complexity index is 329. The zero-order chi connectivity index (χ0) is 11.5. The molecule has 1 aromatic carbocycles. The molecule has 3 N–H and O–H groups in total.